The van der Waals surface area contributed by atoms with Crippen molar-refractivity contribution in [1.29, 1.82) is 0 Å². The number of hydrogen-bond donors (Lipinski definition) is 3. The summed E-state index contributed by atoms with van der Waals surface area (Å²) in [6.07, 6.45) is 1.29. The van der Waals surface area contributed by atoms with E-state index < -0.39 is 11.7 Å². The van der Waals surface area contributed by atoms with Crippen molar-refractivity contribution in [2.45, 2.75) is 32.9 Å². The summed E-state index contributed by atoms with van der Waals surface area (Å²) < 4.78 is 5.27. The van der Waals surface area contributed by atoms with E-state index in [0.29, 0.717) is 12.2 Å². The molecule has 0 atom stereocenters. The Kier molecular flexibility index (Phi) is 3.82. The quantitative estimate of drug-likeness (QED) is 0.739. The number of hydrogen-bond acceptors (Lipinski definition) is 5. The summed E-state index contributed by atoms with van der Waals surface area (Å²) in [6.45, 7) is 6.15. The van der Waals surface area contributed by atoms with Crippen LogP contribution < -0.4 is 16.0 Å². The number of ether oxygens (including phenoxy) is 1. The van der Waals surface area contributed by atoms with Crippen molar-refractivity contribution in [3.05, 3.63) is 42.1 Å². The average molecular weight is 312 g/mol. The van der Waals surface area contributed by atoms with Gasteiger partial charge in [0, 0.05) is 24.1 Å². The molecule has 0 aliphatic carbocycles. The summed E-state index contributed by atoms with van der Waals surface area (Å²) in [5.74, 6) is 0.791. The van der Waals surface area contributed by atoms with Crippen LogP contribution in [0, 0.1) is 0 Å². The number of anilines is 4. The Balaban J connectivity index is 1.77. The number of pyridine rings is 1. The zero-order valence-electron chi connectivity index (χ0n) is 13.4. The molecule has 1 aromatic carbocycles. The number of amides is 1. The Hall–Kier alpha value is -2.76. The van der Waals surface area contributed by atoms with Crippen LogP contribution in [-0.2, 0) is 11.3 Å². The molecule has 3 N–H and O–H groups in total. The second kappa shape index (κ2) is 5.79. The van der Waals surface area contributed by atoms with Gasteiger partial charge in [0.05, 0.1) is 5.69 Å². The van der Waals surface area contributed by atoms with E-state index in [2.05, 4.69) is 20.9 Å². The van der Waals surface area contributed by atoms with Gasteiger partial charge in [-0.1, -0.05) is 0 Å². The highest BCUT2D eigenvalue weighted by Crippen LogP contribution is 2.31. The molecule has 3 rings (SSSR count). The van der Waals surface area contributed by atoms with Crippen molar-refractivity contribution in [3.8, 4) is 0 Å². The smallest absolute Gasteiger partial charge is 0.412 e. The summed E-state index contributed by atoms with van der Waals surface area (Å²) in [5, 5.41) is 9.39. The first-order chi connectivity index (χ1) is 10.9. The van der Waals surface area contributed by atoms with Crippen LogP contribution in [0.4, 0.5) is 27.7 Å². The molecule has 23 heavy (non-hydrogen) atoms. The van der Waals surface area contributed by atoms with Crippen molar-refractivity contribution in [2.24, 2.45) is 0 Å². The van der Waals surface area contributed by atoms with Gasteiger partial charge in [0.15, 0.2) is 5.82 Å². The van der Waals surface area contributed by atoms with E-state index in [1.165, 1.54) is 0 Å². The molecule has 0 radical (unpaired) electrons. The number of rotatable bonds is 1. The molecule has 0 fully saturated rings. The van der Waals surface area contributed by atoms with E-state index in [1.807, 2.05) is 51.1 Å². The number of fused-ring (bicyclic) bond motifs is 2. The minimum atomic E-state index is -0.522. The molecule has 0 bridgehead atoms. The van der Waals surface area contributed by atoms with Crippen molar-refractivity contribution in [2.75, 3.05) is 16.0 Å². The standard InChI is InChI=1S/C17H20N4O2/c1-17(2,3)23-16(22)20-12-6-7-13-11(9-12)10-19-14-5-4-8-18-15(14)21-13/h4-9,19H,10H2,1-3H3,(H,18,21)(H,20,22). The van der Waals surface area contributed by atoms with Gasteiger partial charge < -0.3 is 15.4 Å². The van der Waals surface area contributed by atoms with Crippen LogP contribution in [0.15, 0.2) is 36.5 Å². The molecule has 6 heteroatoms. The van der Waals surface area contributed by atoms with Gasteiger partial charge in [-0.15, -0.1) is 0 Å². The van der Waals surface area contributed by atoms with Crippen LogP contribution in [0.3, 0.4) is 0 Å². The molecule has 0 saturated heterocycles. The highest BCUT2D eigenvalue weighted by atomic mass is 16.6. The third kappa shape index (κ3) is 3.71. The fourth-order valence-corrected chi connectivity index (χ4v) is 2.33. The Labute approximate surface area is 135 Å². The maximum Gasteiger partial charge on any atom is 0.412 e. The fourth-order valence-electron chi connectivity index (χ4n) is 2.33. The summed E-state index contributed by atoms with van der Waals surface area (Å²) >= 11 is 0. The molecule has 0 saturated carbocycles. The number of carbonyl (C=O) groups excluding carboxylic acids is 1. The molecule has 120 valence electrons. The summed E-state index contributed by atoms with van der Waals surface area (Å²) in [4.78, 5) is 16.2. The average Bonchev–Trinajstić information content (AvgIpc) is 2.64. The molecule has 1 aliphatic rings. The lowest BCUT2D eigenvalue weighted by Crippen LogP contribution is -2.27. The van der Waals surface area contributed by atoms with Gasteiger partial charge in [0.2, 0.25) is 0 Å². The zero-order valence-corrected chi connectivity index (χ0v) is 13.4. The second-order valence-electron chi connectivity index (χ2n) is 6.38. The number of benzene rings is 1. The molecule has 6 nitrogen and oxygen atoms in total. The molecule has 2 heterocycles. The van der Waals surface area contributed by atoms with Crippen molar-refractivity contribution >= 4 is 29.0 Å². The first-order valence-corrected chi connectivity index (χ1v) is 7.49. The van der Waals surface area contributed by atoms with Crippen LogP contribution in [0.5, 0.6) is 0 Å². The van der Waals surface area contributed by atoms with Gasteiger partial charge in [-0.3, -0.25) is 5.32 Å². The van der Waals surface area contributed by atoms with Crippen LogP contribution in [0.1, 0.15) is 26.3 Å². The van der Waals surface area contributed by atoms with Gasteiger partial charge in [-0.25, -0.2) is 9.78 Å². The van der Waals surface area contributed by atoms with E-state index >= 15 is 0 Å². The van der Waals surface area contributed by atoms with Crippen LogP contribution in [0.2, 0.25) is 0 Å². The molecule has 0 unspecified atom stereocenters. The van der Waals surface area contributed by atoms with Gasteiger partial charge >= 0.3 is 6.09 Å². The van der Waals surface area contributed by atoms with Crippen LogP contribution >= 0.6 is 0 Å². The van der Waals surface area contributed by atoms with Gasteiger partial charge in [-0.05, 0) is 56.7 Å². The van der Waals surface area contributed by atoms with Crippen molar-refractivity contribution in [1.82, 2.24) is 4.98 Å². The number of nitrogens with zero attached hydrogens (tertiary/aromatic N) is 1. The molecule has 1 aliphatic heterocycles. The monoisotopic (exact) mass is 312 g/mol. The lowest BCUT2D eigenvalue weighted by molar-refractivity contribution is 0.0636. The highest BCUT2D eigenvalue weighted by molar-refractivity contribution is 5.86. The van der Waals surface area contributed by atoms with Crippen molar-refractivity contribution in [3.63, 3.8) is 0 Å². The SMILES string of the molecule is CC(C)(C)OC(=O)Nc1ccc2c(c1)CNc1cccnc1N2. The molecule has 2 aromatic rings. The molecular weight excluding hydrogens is 292 g/mol. The first-order valence-electron chi connectivity index (χ1n) is 7.49. The fraction of sp³-hybridized carbons (Fsp3) is 0.294. The molecule has 1 amide bonds. The minimum Gasteiger partial charge on any atom is -0.444 e. The Bertz CT molecular complexity index is 738. The topological polar surface area (TPSA) is 75.3 Å². The lowest BCUT2D eigenvalue weighted by Gasteiger charge is -2.20. The normalized spacial score (nSPS) is 12.8. The van der Waals surface area contributed by atoms with Crippen LogP contribution in [-0.4, -0.2) is 16.7 Å². The summed E-state index contributed by atoms with van der Waals surface area (Å²) in [6, 6.07) is 9.54. The van der Waals surface area contributed by atoms with E-state index in [0.717, 1.165) is 22.8 Å². The molecular formula is C17H20N4O2. The second-order valence-corrected chi connectivity index (χ2v) is 6.38. The number of aromatic nitrogens is 1. The number of nitrogens with one attached hydrogen (secondary N) is 3. The van der Waals surface area contributed by atoms with Gasteiger partial charge in [0.25, 0.3) is 0 Å². The Morgan fingerprint density at radius 3 is 2.87 bits per heavy atom. The third-order valence-electron chi connectivity index (χ3n) is 3.28. The highest BCUT2D eigenvalue weighted by Gasteiger charge is 2.17. The third-order valence-corrected chi connectivity index (χ3v) is 3.28. The largest absolute Gasteiger partial charge is 0.444 e. The zero-order chi connectivity index (χ0) is 16.4. The van der Waals surface area contributed by atoms with Gasteiger partial charge in [-0.2, -0.15) is 0 Å². The van der Waals surface area contributed by atoms with Gasteiger partial charge in [0.1, 0.15) is 5.60 Å². The molecule has 1 aromatic heterocycles. The first kappa shape index (κ1) is 15.1. The van der Waals surface area contributed by atoms with E-state index in [1.54, 1.807) is 6.20 Å². The summed E-state index contributed by atoms with van der Waals surface area (Å²) in [5.41, 5.74) is 3.12. The lowest BCUT2D eigenvalue weighted by atomic mass is 10.1. The predicted molar refractivity (Wildman–Crippen MR) is 91.1 cm³/mol. The maximum atomic E-state index is 11.9. The van der Waals surface area contributed by atoms with Crippen molar-refractivity contribution < 1.29 is 9.53 Å². The predicted octanol–water partition coefficient (Wildman–Crippen LogP) is 4.10. The van der Waals surface area contributed by atoms with E-state index in [-0.39, 0.29) is 0 Å². The molecule has 0 spiro atoms. The minimum absolute atomic E-state index is 0.461. The maximum absolute atomic E-state index is 11.9. The Morgan fingerprint density at radius 2 is 2.09 bits per heavy atom. The summed E-state index contributed by atoms with van der Waals surface area (Å²) in [7, 11) is 0. The van der Waals surface area contributed by atoms with E-state index in [4.69, 9.17) is 4.74 Å². The Morgan fingerprint density at radius 1 is 1.26 bits per heavy atom. The van der Waals surface area contributed by atoms with E-state index in [9.17, 15) is 4.79 Å². The number of carbonyl (C=O) groups is 1. The van der Waals surface area contributed by atoms with Crippen LogP contribution in [0.25, 0.3) is 0 Å².